The van der Waals surface area contributed by atoms with E-state index in [1.54, 1.807) is 21.9 Å². The van der Waals surface area contributed by atoms with Crippen LogP contribution in [0.4, 0.5) is 0 Å². The van der Waals surface area contributed by atoms with Crippen LogP contribution < -0.4 is 18.9 Å². The fourth-order valence-corrected chi connectivity index (χ4v) is 4.77. The Kier molecular flexibility index (Phi) is 9.88. The van der Waals surface area contributed by atoms with E-state index in [4.69, 9.17) is 29.2 Å². The van der Waals surface area contributed by atoms with Gasteiger partial charge in [-0.2, -0.15) is 0 Å². The number of carbonyl (C=O) groups excluding carboxylic acids is 2. The van der Waals surface area contributed by atoms with Crippen molar-refractivity contribution in [3.05, 3.63) is 34.6 Å². The Balaban J connectivity index is 1.30. The Morgan fingerprint density at radius 2 is 1.14 bits per heavy atom. The first-order valence-electron chi connectivity index (χ1n) is 13.9. The minimum Gasteiger partial charge on any atom is -0.488 e. The normalized spacial score (nSPS) is 14.9. The molecular formula is C29H36N4O10. The molecule has 14 nitrogen and oxygen atoms in total. The van der Waals surface area contributed by atoms with Crippen LogP contribution in [-0.4, -0.2) is 81.2 Å². The molecule has 0 unspecified atom stereocenters. The molecule has 2 atom stereocenters. The molecular weight excluding hydrogens is 564 g/mol. The van der Waals surface area contributed by atoms with Gasteiger partial charge in [0.1, 0.15) is 0 Å². The van der Waals surface area contributed by atoms with Crippen LogP contribution in [0.15, 0.2) is 12.1 Å². The third-order valence-electron chi connectivity index (χ3n) is 7.35. The first-order valence-corrected chi connectivity index (χ1v) is 13.9. The highest BCUT2D eigenvalue weighted by molar-refractivity contribution is 5.83. The van der Waals surface area contributed by atoms with E-state index < -0.39 is 23.8 Å². The monoisotopic (exact) mass is 600 g/mol. The van der Waals surface area contributed by atoms with Crippen molar-refractivity contribution in [3.63, 3.8) is 0 Å². The molecule has 2 amide bonds. The molecule has 0 saturated heterocycles. The molecule has 43 heavy (non-hydrogen) atoms. The Hall–Kier alpha value is -4.62. The van der Waals surface area contributed by atoms with Gasteiger partial charge in [-0.05, 0) is 23.3 Å². The molecule has 0 aliphatic carbocycles. The maximum atomic E-state index is 12.6. The zero-order valence-electron chi connectivity index (χ0n) is 24.6. The quantitative estimate of drug-likeness (QED) is 0.303. The second-order valence-corrected chi connectivity index (χ2v) is 10.6. The summed E-state index contributed by atoms with van der Waals surface area (Å²) in [5.74, 6) is -2.66. The summed E-state index contributed by atoms with van der Waals surface area (Å²) in [5, 5.41) is 18.2. The zero-order chi connectivity index (χ0) is 31.3. The highest BCUT2D eigenvalue weighted by atomic mass is 16.5. The average molecular weight is 601 g/mol. The van der Waals surface area contributed by atoms with E-state index in [0.717, 1.165) is 11.1 Å². The first-order chi connectivity index (χ1) is 20.5. The highest BCUT2D eigenvalue weighted by Gasteiger charge is 2.30. The summed E-state index contributed by atoms with van der Waals surface area (Å²) in [5.41, 5.74) is 2.97. The number of carboxylic acids is 2. The lowest BCUT2D eigenvalue weighted by atomic mass is 10.1. The van der Waals surface area contributed by atoms with Gasteiger partial charge in [-0.15, -0.1) is 0 Å². The van der Waals surface area contributed by atoms with Gasteiger partial charge in [0.15, 0.2) is 11.5 Å². The summed E-state index contributed by atoms with van der Waals surface area (Å²) >= 11 is 0. The van der Waals surface area contributed by atoms with Crippen molar-refractivity contribution >= 4 is 23.8 Å². The molecule has 0 spiro atoms. The molecule has 2 aromatic rings. The largest absolute Gasteiger partial charge is 0.488 e. The minimum atomic E-state index is -1.02. The van der Waals surface area contributed by atoms with Crippen LogP contribution in [0, 0.1) is 11.8 Å². The van der Waals surface area contributed by atoms with Gasteiger partial charge in [0, 0.05) is 32.4 Å². The van der Waals surface area contributed by atoms with Crippen molar-refractivity contribution in [1.82, 2.24) is 19.8 Å². The lowest BCUT2D eigenvalue weighted by molar-refractivity contribution is -0.145. The standard InChI is InChI=1S/C29H36N4O10/c1-16(28(36)37)8-24(34)32-12-18-10-22(26(40-3)30-20(18)14-32)42-6-5-7-43-23-11-19-13-33(15-21(19)31-27(23)41-4)25(35)9-17(2)29(38)39/h10-11,16-17H,5-9,12-15H2,1-4H3,(H,36,37)(H,38,39)/t16-,17-/m0/s1. The number of carbonyl (C=O) groups is 4. The number of pyridine rings is 2. The van der Waals surface area contributed by atoms with Gasteiger partial charge in [0.25, 0.3) is 11.8 Å². The van der Waals surface area contributed by atoms with Crippen LogP contribution in [0.25, 0.3) is 0 Å². The van der Waals surface area contributed by atoms with Gasteiger partial charge in [0.05, 0.1) is 63.7 Å². The van der Waals surface area contributed by atoms with E-state index >= 15 is 0 Å². The number of hydrogen-bond acceptors (Lipinski definition) is 10. The molecule has 14 heteroatoms. The predicted molar refractivity (Wildman–Crippen MR) is 149 cm³/mol. The van der Waals surface area contributed by atoms with Crippen LogP contribution in [-0.2, 0) is 45.4 Å². The maximum Gasteiger partial charge on any atom is 0.306 e. The molecule has 0 bridgehead atoms. The van der Waals surface area contributed by atoms with E-state index in [0.29, 0.717) is 42.4 Å². The highest BCUT2D eigenvalue weighted by Crippen LogP contribution is 2.34. The van der Waals surface area contributed by atoms with Gasteiger partial charge in [0.2, 0.25) is 11.8 Å². The van der Waals surface area contributed by atoms with Crippen molar-refractivity contribution < 1.29 is 48.3 Å². The van der Waals surface area contributed by atoms with Crippen LogP contribution in [0.2, 0.25) is 0 Å². The molecule has 0 aromatic carbocycles. The number of aliphatic carboxylic acids is 2. The molecule has 0 saturated carbocycles. The molecule has 0 radical (unpaired) electrons. The molecule has 2 N–H and O–H groups in total. The molecule has 2 aliphatic rings. The fraction of sp³-hybridized carbons (Fsp3) is 0.517. The summed E-state index contributed by atoms with van der Waals surface area (Å²) in [4.78, 5) is 59.5. The maximum absolute atomic E-state index is 12.6. The first kappa shape index (κ1) is 31.3. The zero-order valence-corrected chi connectivity index (χ0v) is 24.6. The van der Waals surface area contributed by atoms with Gasteiger partial charge in [-0.3, -0.25) is 19.2 Å². The van der Waals surface area contributed by atoms with Crippen LogP contribution in [0.5, 0.6) is 23.3 Å². The third kappa shape index (κ3) is 7.43. The van der Waals surface area contributed by atoms with Gasteiger partial charge in [-0.1, -0.05) is 13.8 Å². The number of fused-ring (bicyclic) bond motifs is 2. The molecule has 4 rings (SSSR count). The van der Waals surface area contributed by atoms with E-state index in [2.05, 4.69) is 9.97 Å². The fourth-order valence-electron chi connectivity index (χ4n) is 4.77. The summed E-state index contributed by atoms with van der Waals surface area (Å²) in [6.07, 6.45) is 0.323. The second kappa shape index (κ2) is 13.6. The van der Waals surface area contributed by atoms with Crippen LogP contribution in [0.3, 0.4) is 0 Å². The third-order valence-corrected chi connectivity index (χ3v) is 7.35. The van der Waals surface area contributed by atoms with E-state index in [9.17, 15) is 19.2 Å². The SMILES string of the molecule is COc1nc2c(cc1OCCCOc1cc3c(nc1OC)CN(C(=O)C[C@H](C)C(=O)O)C3)CN(C(=O)C[C@H](C)C(=O)O)C2. The van der Waals surface area contributed by atoms with Gasteiger partial charge in [-0.25, -0.2) is 9.97 Å². The second-order valence-electron chi connectivity index (χ2n) is 10.6. The Bertz CT molecular complexity index is 1290. The van der Waals surface area contributed by atoms with Crippen LogP contribution >= 0.6 is 0 Å². The summed E-state index contributed by atoms with van der Waals surface area (Å²) in [6, 6.07) is 3.57. The smallest absolute Gasteiger partial charge is 0.306 e. The molecule has 232 valence electrons. The summed E-state index contributed by atoms with van der Waals surface area (Å²) in [7, 11) is 2.96. The summed E-state index contributed by atoms with van der Waals surface area (Å²) in [6.45, 7) is 4.72. The summed E-state index contributed by atoms with van der Waals surface area (Å²) < 4.78 is 22.6. The van der Waals surface area contributed by atoms with Gasteiger partial charge >= 0.3 is 11.9 Å². The van der Waals surface area contributed by atoms with Crippen molar-refractivity contribution in [2.75, 3.05) is 27.4 Å². The number of nitrogens with zero attached hydrogens (tertiary/aromatic N) is 4. The number of methoxy groups -OCH3 is 2. The molecule has 2 aromatic heterocycles. The van der Waals surface area contributed by atoms with Crippen molar-refractivity contribution in [2.45, 2.75) is 59.3 Å². The number of hydrogen-bond donors (Lipinski definition) is 2. The number of carboxylic acid groups (broad SMARTS) is 2. The minimum absolute atomic E-state index is 0.0865. The van der Waals surface area contributed by atoms with E-state index in [1.165, 1.54) is 28.1 Å². The topological polar surface area (TPSA) is 178 Å². The Labute approximate surface area is 248 Å². The lowest BCUT2D eigenvalue weighted by Gasteiger charge is -2.16. The Morgan fingerprint density at radius 1 is 0.744 bits per heavy atom. The average Bonchev–Trinajstić information content (AvgIpc) is 3.59. The Morgan fingerprint density at radius 3 is 1.49 bits per heavy atom. The van der Waals surface area contributed by atoms with Crippen molar-refractivity contribution in [3.8, 4) is 23.3 Å². The van der Waals surface area contributed by atoms with Crippen molar-refractivity contribution in [2.24, 2.45) is 11.8 Å². The van der Waals surface area contributed by atoms with E-state index in [1.807, 2.05) is 0 Å². The number of ether oxygens (including phenoxy) is 4. The molecule has 0 fully saturated rings. The van der Waals surface area contributed by atoms with Crippen LogP contribution in [0.1, 0.15) is 55.6 Å². The van der Waals surface area contributed by atoms with Crippen molar-refractivity contribution in [1.29, 1.82) is 0 Å². The molecule has 4 heterocycles. The lowest BCUT2D eigenvalue weighted by Crippen LogP contribution is -2.28. The number of rotatable bonds is 14. The van der Waals surface area contributed by atoms with E-state index in [-0.39, 0.29) is 62.7 Å². The van der Waals surface area contributed by atoms with Gasteiger partial charge < -0.3 is 39.0 Å². The number of amides is 2. The predicted octanol–water partition coefficient (Wildman–Crippen LogP) is 2.25. The number of aromatic nitrogens is 2. The molecule has 2 aliphatic heterocycles.